The van der Waals surface area contributed by atoms with Gasteiger partial charge in [0.25, 0.3) is 0 Å². The number of nitrogens with two attached hydrogens (primary N) is 1. The van der Waals surface area contributed by atoms with Gasteiger partial charge in [-0.3, -0.25) is 9.59 Å². The summed E-state index contributed by atoms with van der Waals surface area (Å²) in [6, 6.07) is 7.80. The van der Waals surface area contributed by atoms with Gasteiger partial charge in [-0.1, -0.05) is 42.5 Å². The van der Waals surface area contributed by atoms with Crippen LogP contribution in [0.1, 0.15) is 18.9 Å². The molecule has 1 heterocycles. The van der Waals surface area contributed by atoms with Crippen LogP contribution in [0.5, 0.6) is 0 Å². The molecule has 0 saturated carbocycles. The van der Waals surface area contributed by atoms with Gasteiger partial charge in [-0.2, -0.15) is 0 Å². The molecule has 0 radical (unpaired) electrons. The van der Waals surface area contributed by atoms with Crippen LogP contribution in [0, 0.1) is 0 Å². The first-order valence-electron chi connectivity index (χ1n) is 7.26. The molecule has 0 aromatic heterocycles. The Morgan fingerprint density at radius 2 is 1.88 bits per heavy atom. The Balaban J connectivity index is 0.000000240. The zero-order chi connectivity index (χ0) is 18.3. The third kappa shape index (κ3) is 6.05. The van der Waals surface area contributed by atoms with E-state index < -0.39 is 24.0 Å². The van der Waals surface area contributed by atoms with Crippen molar-refractivity contribution in [3.63, 3.8) is 0 Å². The number of carboxylic acid groups (broad SMARTS) is 2. The molecule has 1 aliphatic heterocycles. The van der Waals surface area contributed by atoms with Gasteiger partial charge in [0.1, 0.15) is 12.1 Å². The fourth-order valence-corrected chi connectivity index (χ4v) is 2.49. The number of carbonyl (C=O) groups is 3. The number of benzene rings is 1. The molecule has 24 heavy (non-hydrogen) atoms. The zero-order valence-electron chi connectivity index (χ0n) is 13.2. The molecule has 4 N–H and O–H groups in total. The molecule has 130 valence electrons. The standard InChI is InChI=1S/C9H11NO2.C7H9NO3S/c10-8(9(11)12)6-7-4-2-1-3-5-7;1-4(9)8-3-5(12)2-6(8)7(10)11/h1-5,8H,6,10H2,(H,11,12);6H,2-3H2,1H3,(H,10,11)/t8-;6-/m00/s1. The number of nitrogens with zero attached hydrogens (tertiary/aromatic N) is 1. The molecule has 1 aromatic carbocycles. The first-order valence-corrected chi connectivity index (χ1v) is 7.67. The van der Waals surface area contributed by atoms with E-state index in [1.807, 2.05) is 30.3 Å². The maximum absolute atomic E-state index is 10.9. The Morgan fingerprint density at radius 3 is 2.29 bits per heavy atom. The van der Waals surface area contributed by atoms with Crippen molar-refractivity contribution in [3.8, 4) is 0 Å². The van der Waals surface area contributed by atoms with E-state index in [0.29, 0.717) is 24.3 Å². The summed E-state index contributed by atoms with van der Waals surface area (Å²) < 4.78 is 0. The second-order valence-electron chi connectivity index (χ2n) is 5.38. The summed E-state index contributed by atoms with van der Waals surface area (Å²) >= 11 is 4.85. The number of carbonyl (C=O) groups excluding carboxylic acids is 1. The fraction of sp³-hybridized carbons (Fsp3) is 0.375. The molecular weight excluding hydrogens is 332 g/mol. The van der Waals surface area contributed by atoms with E-state index in [2.05, 4.69) is 0 Å². The highest BCUT2D eigenvalue weighted by Crippen LogP contribution is 2.15. The van der Waals surface area contributed by atoms with Crippen LogP contribution >= 0.6 is 12.2 Å². The number of likely N-dealkylation sites (tertiary alicyclic amines) is 1. The van der Waals surface area contributed by atoms with Crippen LogP contribution in [-0.2, 0) is 20.8 Å². The summed E-state index contributed by atoms with van der Waals surface area (Å²) in [5.74, 6) is -2.17. The van der Waals surface area contributed by atoms with Gasteiger partial charge < -0.3 is 20.8 Å². The van der Waals surface area contributed by atoms with Gasteiger partial charge in [-0.05, 0) is 12.0 Å². The van der Waals surface area contributed by atoms with Crippen molar-refractivity contribution in [2.75, 3.05) is 6.54 Å². The van der Waals surface area contributed by atoms with Crippen molar-refractivity contribution in [1.29, 1.82) is 0 Å². The number of rotatable bonds is 4. The van der Waals surface area contributed by atoms with Gasteiger partial charge in [0.05, 0.1) is 6.54 Å². The quantitative estimate of drug-likeness (QED) is 0.682. The van der Waals surface area contributed by atoms with Crippen molar-refractivity contribution < 1.29 is 24.6 Å². The molecule has 1 fully saturated rings. The second kappa shape index (κ2) is 9.09. The smallest absolute Gasteiger partial charge is 0.326 e. The predicted molar refractivity (Wildman–Crippen MR) is 91.8 cm³/mol. The van der Waals surface area contributed by atoms with E-state index in [-0.39, 0.29) is 5.91 Å². The lowest BCUT2D eigenvalue weighted by atomic mass is 10.1. The molecule has 7 nitrogen and oxygen atoms in total. The molecule has 2 atom stereocenters. The van der Waals surface area contributed by atoms with Crippen LogP contribution in [0.4, 0.5) is 0 Å². The second-order valence-corrected chi connectivity index (χ2v) is 5.96. The minimum Gasteiger partial charge on any atom is -0.480 e. The van der Waals surface area contributed by atoms with E-state index >= 15 is 0 Å². The van der Waals surface area contributed by atoms with Gasteiger partial charge in [0, 0.05) is 18.2 Å². The van der Waals surface area contributed by atoms with Crippen molar-refractivity contribution in [3.05, 3.63) is 35.9 Å². The summed E-state index contributed by atoms with van der Waals surface area (Å²) in [7, 11) is 0. The molecule has 2 rings (SSSR count). The Labute approximate surface area is 145 Å². The molecular formula is C16H20N2O5S. The summed E-state index contributed by atoms with van der Waals surface area (Å²) in [6.45, 7) is 1.66. The highest BCUT2D eigenvalue weighted by atomic mass is 32.1. The summed E-state index contributed by atoms with van der Waals surface area (Å²) in [5, 5.41) is 17.2. The van der Waals surface area contributed by atoms with Crippen molar-refractivity contribution in [2.24, 2.45) is 5.73 Å². The summed E-state index contributed by atoms with van der Waals surface area (Å²) in [5.41, 5.74) is 6.30. The highest BCUT2D eigenvalue weighted by Gasteiger charge is 2.34. The summed E-state index contributed by atoms with van der Waals surface area (Å²) in [4.78, 5) is 33.8. The lowest BCUT2D eigenvalue weighted by Gasteiger charge is -2.18. The van der Waals surface area contributed by atoms with E-state index in [1.54, 1.807) is 0 Å². The number of thiocarbonyl (C=S) groups is 1. The minimum atomic E-state index is -0.981. The van der Waals surface area contributed by atoms with Crippen LogP contribution < -0.4 is 5.73 Å². The van der Waals surface area contributed by atoms with Gasteiger partial charge in [-0.15, -0.1) is 0 Å². The van der Waals surface area contributed by atoms with Gasteiger partial charge in [0.2, 0.25) is 5.91 Å². The maximum Gasteiger partial charge on any atom is 0.326 e. The van der Waals surface area contributed by atoms with E-state index in [9.17, 15) is 14.4 Å². The first-order chi connectivity index (χ1) is 11.2. The lowest BCUT2D eigenvalue weighted by molar-refractivity contribution is -0.147. The van der Waals surface area contributed by atoms with Gasteiger partial charge in [-0.25, -0.2) is 4.79 Å². The highest BCUT2D eigenvalue weighted by molar-refractivity contribution is 7.80. The molecule has 1 aliphatic rings. The van der Waals surface area contributed by atoms with E-state index in [1.165, 1.54) is 11.8 Å². The molecule has 1 amide bonds. The average Bonchev–Trinajstić information content (AvgIpc) is 2.91. The van der Waals surface area contributed by atoms with Crippen molar-refractivity contribution >= 4 is 34.9 Å². The van der Waals surface area contributed by atoms with Crippen LogP contribution in [0.25, 0.3) is 0 Å². The Bertz CT molecular complexity index is 596. The van der Waals surface area contributed by atoms with Crippen molar-refractivity contribution in [2.45, 2.75) is 31.8 Å². The number of carboxylic acids is 2. The monoisotopic (exact) mass is 352 g/mol. The van der Waals surface area contributed by atoms with Gasteiger partial charge >= 0.3 is 11.9 Å². The molecule has 0 bridgehead atoms. The molecule has 1 aromatic rings. The Hall–Kier alpha value is -2.32. The van der Waals surface area contributed by atoms with Crippen LogP contribution in [0.3, 0.4) is 0 Å². The number of hydrogen-bond acceptors (Lipinski definition) is 5. The summed E-state index contributed by atoms with van der Waals surface area (Å²) in [6.07, 6.45) is 0.695. The van der Waals surface area contributed by atoms with Crippen LogP contribution in [0.2, 0.25) is 0 Å². The molecule has 1 saturated heterocycles. The third-order valence-corrected chi connectivity index (χ3v) is 3.74. The molecule has 0 spiro atoms. The first kappa shape index (κ1) is 19.7. The number of amides is 1. The minimum absolute atomic E-state index is 0.234. The van der Waals surface area contributed by atoms with Gasteiger partial charge in [0.15, 0.2) is 0 Å². The molecule has 0 aliphatic carbocycles. The van der Waals surface area contributed by atoms with Crippen molar-refractivity contribution in [1.82, 2.24) is 4.90 Å². The predicted octanol–water partition coefficient (Wildman–Crippen LogP) is 0.703. The number of hydrogen-bond donors (Lipinski definition) is 3. The Morgan fingerprint density at radius 1 is 1.29 bits per heavy atom. The topological polar surface area (TPSA) is 121 Å². The Kier molecular flexibility index (Phi) is 7.47. The largest absolute Gasteiger partial charge is 0.480 e. The fourth-order valence-electron chi connectivity index (χ4n) is 2.20. The SMILES string of the molecule is CC(=O)N1CC(=S)C[C@H]1C(=O)O.N[C@@H](Cc1ccccc1)C(=O)O. The average molecular weight is 352 g/mol. The lowest BCUT2D eigenvalue weighted by Crippen LogP contribution is -2.39. The normalized spacial score (nSPS) is 17.7. The van der Waals surface area contributed by atoms with E-state index in [0.717, 1.165) is 5.56 Å². The zero-order valence-corrected chi connectivity index (χ0v) is 14.0. The maximum atomic E-state index is 10.9. The third-order valence-electron chi connectivity index (χ3n) is 3.45. The molecule has 8 heteroatoms. The molecule has 0 unspecified atom stereocenters. The number of aliphatic carboxylic acids is 2. The van der Waals surface area contributed by atoms with Crippen LogP contribution in [-0.4, -0.2) is 56.5 Å². The van der Waals surface area contributed by atoms with Crippen LogP contribution in [0.15, 0.2) is 30.3 Å². The van der Waals surface area contributed by atoms with E-state index in [4.69, 9.17) is 28.2 Å².